The summed E-state index contributed by atoms with van der Waals surface area (Å²) >= 11 is 0. The average molecular weight is 188 g/mol. The van der Waals surface area contributed by atoms with Crippen molar-refractivity contribution in [3.8, 4) is 0 Å². The third-order valence-electron chi connectivity index (χ3n) is 2.25. The van der Waals surface area contributed by atoms with Crippen molar-refractivity contribution in [3.63, 3.8) is 0 Å². The Morgan fingerprint density at radius 2 is 1.69 bits per heavy atom. The maximum absolute atomic E-state index is 10.4. The van der Waals surface area contributed by atoms with Gasteiger partial charge in [-0.3, -0.25) is 4.79 Å². The highest BCUT2D eigenvalue weighted by molar-refractivity contribution is 5.67. The minimum Gasteiger partial charge on any atom is -0.481 e. The summed E-state index contributed by atoms with van der Waals surface area (Å²) in [5.74, 6) is -0.754. The number of hydrogen-bond donors (Lipinski definition) is 2. The molecule has 0 aliphatic carbocycles. The molecule has 0 heterocycles. The van der Waals surface area contributed by atoms with E-state index < -0.39 is 12.1 Å². The Hall–Kier alpha value is -0.570. The predicted octanol–water partition coefficient (Wildman–Crippen LogP) is 2.04. The highest BCUT2D eigenvalue weighted by atomic mass is 16.4. The van der Waals surface area contributed by atoms with Crippen LogP contribution in [0, 0.1) is 5.92 Å². The zero-order valence-corrected chi connectivity index (χ0v) is 8.49. The van der Waals surface area contributed by atoms with Crippen LogP contribution in [0.4, 0.5) is 0 Å². The molecule has 13 heavy (non-hydrogen) atoms. The summed E-state index contributed by atoms with van der Waals surface area (Å²) in [4.78, 5) is 10.4. The molecule has 0 fully saturated rings. The molecule has 1 atom stereocenters. The average Bonchev–Trinajstić information content (AvgIpc) is 2.02. The predicted molar refractivity (Wildman–Crippen MR) is 51.6 cm³/mol. The maximum atomic E-state index is 10.4. The number of aliphatic hydroxyl groups is 1. The molecule has 0 amide bonds. The fraction of sp³-hybridized carbons (Fsp3) is 0.900. The van der Waals surface area contributed by atoms with Gasteiger partial charge in [0.25, 0.3) is 0 Å². The number of carboxylic acid groups (broad SMARTS) is 1. The lowest BCUT2D eigenvalue weighted by Crippen LogP contribution is -2.23. The van der Waals surface area contributed by atoms with Gasteiger partial charge in [-0.2, -0.15) is 0 Å². The van der Waals surface area contributed by atoms with Crippen LogP contribution < -0.4 is 0 Å². The first-order valence-corrected chi connectivity index (χ1v) is 5.01. The van der Waals surface area contributed by atoms with Gasteiger partial charge in [0.15, 0.2) is 0 Å². The normalized spacial score (nSPS) is 13.2. The molecule has 0 aromatic carbocycles. The number of aliphatic hydroxyl groups excluding tert-OH is 1. The van der Waals surface area contributed by atoms with Crippen LogP contribution in [0.5, 0.6) is 0 Å². The van der Waals surface area contributed by atoms with E-state index in [0.717, 1.165) is 25.7 Å². The van der Waals surface area contributed by atoms with Gasteiger partial charge >= 0.3 is 5.97 Å². The first kappa shape index (κ1) is 12.4. The molecular formula is C10H20O3. The van der Waals surface area contributed by atoms with Crippen LogP contribution in [0.25, 0.3) is 0 Å². The van der Waals surface area contributed by atoms with Crippen molar-refractivity contribution >= 4 is 5.97 Å². The molecule has 2 N–H and O–H groups in total. The maximum Gasteiger partial charge on any atom is 0.305 e. The zero-order valence-electron chi connectivity index (χ0n) is 8.49. The summed E-state index contributed by atoms with van der Waals surface area (Å²) in [7, 11) is 0. The minimum atomic E-state index is -0.912. The second-order valence-electron chi connectivity index (χ2n) is 3.50. The molecule has 3 nitrogen and oxygen atoms in total. The molecule has 0 aromatic heterocycles. The highest BCUT2D eigenvalue weighted by Gasteiger charge is 2.19. The Morgan fingerprint density at radius 3 is 2.00 bits per heavy atom. The largest absolute Gasteiger partial charge is 0.481 e. The van der Waals surface area contributed by atoms with Gasteiger partial charge in [-0.15, -0.1) is 0 Å². The van der Waals surface area contributed by atoms with Crippen molar-refractivity contribution in [2.24, 2.45) is 5.92 Å². The molecule has 3 heteroatoms. The summed E-state index contributed by atoms with van der Waals surface area (Å²) in [6.07, 6.45) is 3.05. The van der Waals surface area contributed by atoms with E-state index in [1.54, 1.807) is 0 Å². The molecular weight excluding hydrogens is 168 g/mol. The van der Waals surface area contributed by atoms with Crippen molar-refractivity contribution in [3.05, 3.63) is 0 Å². The van der Waals surface area contributed by atoms with E-state index in [9.17, 15) is 9.90 Å². The third kappa shape index (κ3) is 5.64. The van der Waals surface area contributed by atoms with Crippen molar-refractivity contribution in [2.45, 2.75) is 52.1 Å². The van der Waals surface area contributed by atoms with Crippen LogP contribution in [-0.4, -0.2) is 22.3 Å². The number of hydrogen-bond acceptors (Lipinski definition) is 2. The van der Waals surface area contributed by atoms with Gasteiger partial charge in [0.2, 0.25) is 0 Å². The molecule has 0 aromatic rings. The Bertz CT molecular complexity index is 139. The summed E-state index contributed by atoms with van der Waals surface area (Å²) < 4.78 is 0. The third-order valence-corrected chi connectivity index (χ3v) is 2.25. The second kappa shape index (κ2) is 6.89. The molecule has 0 aliphatic heterocycles. The van der Waals surface area contributed by atoms with Gasteiger partial charge in [-0.1, -0.05) is 26.7 Å². The minimum absolute atomic E-state index is 0.120. The fourth-order valence-corrected chi connectivity index (χ4v) is 1.62. The molecule has 78 valence electrons. The molecule has 0 saturated carbocycles. The lowest BCUT2D eigenvalue weighted by molar-refractivity contribution is -0.140. The molecule has 0 unspecified atom stereocenters. The Balaban J connectivity index is 3.93. The number of carboxylic acids is 1. The summed E-state index contributed by atoms with van der Waals surface area (Å²) in [5.41, 5.74) is 0. The molecule has 0 bridgehead atoms. The molecule has 0 aliphatic rings. The van der Waals surface area contributed by atoms with Crippen LogP contribution in [0.3, 0.4) is 0 Å². The van der Waals surface area contributed by atoms with Gasteiger partial charge in [0, 0.05) is 0 Å². The van der Waals surface area contributed by atoms with E-state index in [4.69, 9.17) is 5.11 Å². The topological polar surface area (TPSA) is 57.5 Å². The van der Waals surface area contributed by atoms with E-state index in [1.165, 1.54) is 0 Å². The van der Waals surface area contributed by atoms with Gasteiger partial charge in [0.1, 0.15) is 0 Å². The molecule has 0 radical (unpaired) electrons. The molecule has 0 saturated heterocycles. The first-order valence-electron chi connectivity index (χ1n) is 5.01. The monoisotopic (exact) mass is 188 g/mol. The lowest BCUT2D eigenvalue weighted by atomic mass is 9.91. The van der Waals surface area contributed by atoms with Gasteiger partial charge in [-0.05, 0) is 18.8 Å². The van der Waals surface area contributed by atoms with E-state index in [1.807, 2.05) is 0 Å². The molecule has 0 rings (SSSR count). The second-order valence-corrected chi connectivity index (χ2v) is 3.50. The van der Waals surface area contributed by atoms with Crippen LogP contribution in [-0.2, 0) is 4.79 Å². The Kier molecular flexibility index (Phi) is 6.59. The fourth-order valence-electron chi connectivity index (χ4n) is 1.62. The van der Waals surface area contributed by atoms with Crippen molar-refractivity contribution in [1.82, 2.24) is 0 Å². The van der Waals surface area contributed by atoms with Crippen molar-refractivity contribution < 1.29 is 15.0 Å². The Morgan fingerprint density at radius 1 is 1.23 bits per heavy atom. The van der Waals surface area contributed by atoms with Gasteiger partial charge in [0.05, 0.1) is 12.5 Å². The molecule has 0 spiro atoms. The van der Waals surface area contributed by atoms with E-state index in [2.05, 4.69) is 13.8 Å². The number of aliphatic carboxylic acids is 1. The smallest absolute Gasteiger partial charge is 0.305 e. The van der Waals surface area contributed by atoms with E-state index in [-0.39, 0.29) is 12.3 Å². The number of carbonyl (C=O) groups is 1. The first-order chi connectivity index (χ1) is 6.11. The Labute approximate surface area is 79.8 Å². The SMILES string of the molecule is CCCC(CCC)[C@H](O)CC(=O)O. The van der Waals surface area contributed by atoms with Crippen LogP contribution in [0.1, 0.15) is 46.0 Å². The van der Waals surface area contributed by atoms with E-state index in [0.29, 0.717) is 0 Å². The summed E-state index contributed by atoms with van der Waals surface area (Å²) in [6.45, 7) is 4.10. The van der Waals surface area contributed by atoms with Gasteiger partial charge < -0.3 is 10.2 Å². The van der Waals surface area contributed by atoms with Crippen LogP contribution in [0.2, 0.25) is 0 Å². The summed E-state index contributed by atoms with van der Waals surface area (Å²) in [5, 5.41) is 18.1. The van der Waals surface area contributed by atoms with E-state index >= 15 is 0 Å². The van der Waals surface area contributed by atoms with Crippen molar-refractivity contribution in [2.75, 3.05) is 0 Å². The highest BCUT2D eigenvalue weighted by Crippen LogP contribution is 2.19. The van der Waals surface area contributed by atoms with Crippen LogP contribution in [0.15, 0.2) is 0 Å². The zero-order chi connectivity index (χ0) is 10.3. The van der Waals surface area contributed by atoms with Crippen LogP contribution >= 0.6 is 0 Å². The quantitative estimate of drug-likeness (QED) is 0.642. The lowest BCUT2D eigenvalue weighted by Gasteiger charge is -2.20. The standard InChI is InChI=1S/C10H20O3/c1-3-5-8(6-4-2)9(11)7-10(12)13/h8-9,11H,3-7H2,1-2H3,(H,12,13)/t9-/m1/s1. The van der Waals surface area contributed by atoms with Crippen molar-refractivity contribution in [1.29, 1.82) is 0 Å². The number of rotatable bonds is 7. The summed E-state index contributed by atoms with van der Waals surface area (Å²) in [6, 6.07) is 0. The van der Waals surface area contributed by atoms with Gasteiger partial charge in [-0.25, -0.2) is 0 Å².